The molecule has 26 heavy (non-hydrogen) atoms. The highest BCUT2D eigenvalue weighted by atomic mass is 32.2. The predicted molar refractivity (Wildman–Crippen MR) is 97.2 cm³/mol. The van der Waals surface area contributed by atoms with Crippen molar-refractivity contribution in [2.45, 2.75) is 23.4 Å². The van der Waals surface area contributed by atoms with E-state index in [-0.39, 0.29) is 10.6 Å². The molecule has 0 bridgehead atoms. The van der Waals surface area contributed by atoms with Gasteiger partial charge in [0, 0.05) is 18.8 Å². The number of urea groups is 1. The fourth-order valence-corrected chi connectivity index (χ4v) is 4.42. The van der Waals surface area contributed by atoms with E-state index in [1.54, 1.807) is 18.2 Å². The number of primary amides is 1. The summed E-state index contributed by atoms with van der Waals surface area (Å²) in [5.74, 6) is -0.217. The zero-order chi connectivity index (χ0) is 18.9. The number of amides is 2. The van der Waals surface area contributed by atoms with Crippen molar-refractivity contribution in [3.63, 3.8) is 0 Å². The highest BCUT2D eigenvalue weighted by molar-refractivity contribution is 7.90. The van der Waals surface area contributed by atoms with Crippen LogP contribution in [0.4, 0.5) is 14.9 Å². The molecule has 1 atom stereocenters. The Kier molecular flexibility index (Phi) is 4.97. The lowest BCUT2D eigenvalue weighted by atomic mass is 9.97. The molecule has 0 aromatic heterocycles. The number of rotatable bonds is 4. The number of halogens is 1. The van der Waals surface area contributed by atoms with Crippen LogP contribution in [0.1, 0.15) is 22.9 Å². The Morgan fingerprint density at radius 2 is 1.96 bits per heavy atom. The van der Waals surface area contributed by atoms with Gasteiger partial charge >= 0.3 is 6.03 Å². The quantitative estimate of drug-likeness (QED) is 0.857. The number of sulfone groups is 1. The van der Waals surface area contributed by atoms with Gasteiger partial charge in [-0.3, -0.25) is 4.90 Å². The lowest BCUT2D eigenvalue weighted by Gasteiger charge is -2.28. The van der Waals surface area contributed by atoms with Crippen LogP contribution in [-0.2, 0) is 22.1 Å². The van der Waals surface area contributed by atoms with Crippen LogP contribution in [0.3, 0.4) is 0 Å². The van der Waals surface area contributed by atoms with Gasteiger partial charge in [-0.2, -0.15) is 0 Å². The van der Waals surface area contributed by atoms with Crippen molar-refractivity contribution in [2.75, 3.05) is 18.9 Å². The van der Waals surface area contributed by atoms with E-state index in [0.717, 1.165) is 5.56 Å². The van der Waals surface area contributed by atoms with Gasteiger partial charge in [0.05, 0.1) is 10.6 Å². The summed E-state index contributed by atoms with van der Waals surface area (Å²) in [5.41, 5.74) is 7.44. The van der Waals surface area contributed by atoms with Crippen molar-refractivity contribution in [3.05, 3.63) is 59.2 Å². The number of likely N-dealkylation sites (N-methyl/N-ethyl adjacent to an activating group) is 1. The first-order chi connectivity index (χ1) is 12.2. The molecule has 2 amide bonds. The van der Waals surface area contributed by atoms with Crippen molar-refractivity contribution >= 4 is 21.6 Å². The first-order valence-electron chi connectivity index (χ1n) is 8.08. The molecule has 0 aliphatic carbocycles. The van der Waals surface area contributed by atoms with Crippen LogP contribution in [0.25, 0.3) is 0 Å². The molecule has 0 saturated carbocycles. The summed E-state index contributed by atoms with van der Waals surface area (Å²) in [6.45, 7) is 0.953. The third-order valence-electron chi connectivity index (χ3n) is 4.30. The van der Waals surface area contributed by atoms with E-state index >= 15 is 0 Å². The number of alkyl halides is 1. The van der Waals surface area contributed by atoms with Crippen molar-refractivity contribution in [2.24, 2.45) is 5.73 Å². The smallest absolute Gasteiger partial charge is 0.316 e. The van der Waals surface area contributed by atoms with E-state index in [2.05, 4.69) is 5.32 Å². The van der Waals surface area contributed by atoms with E-state index in [4.69, 9.17) is 5.73 Å². The summed E-state index contributed by atoms with van der Waals surface area (Å²) >= 11 is 0. The average Bonchev–Trinajstić information content (AvgIpc) is 2.55. The predicted octanol–water partition coefficient (Wildman–Crippen LogP) is 2.61. The standard InChI is InChI=1S/C18H20FN3O3S/c1-22-9-13-3-2-12(8-16(13)17(19)10-22)11-26(24,25)15-6-4-14(5-7-15)21-18(20)23/h2-8,17H,9-11H2,1H3,(H3,20,21,23). The lowest BCUT2D eigenvalue weighted by Crippen LogP contribution is -2.28. The first-order valence-corrected chi connectivity index (χ1v) is 9.73. The summed E-state index contributed by atoms with van der Waals surface area (Å²) in [5, 5.41) is 2.37. The van der Waals surface area contributed by atoms with E-state index in [0.29, 0.717) is 29.9 Å². The summed E-state index contributed by atoms with van der Waals surface area (Å²) < 4.78 is 39.5. The first kappa shape index (κ1) is 18.3. The highest BCUT2D eigenvalue weighted by Crippen LogP contribution is 2.30. The van der Waals surface area contributed by atoms with Crippen molar-refractivity contribution < 1.29 is 17.6 Å². The number of nitrogens with two attached hydrogens (primary N) is 1. The number of nitrogens with zero attached hydrogens (tertiary/aromatic N) is 1. The Balaban J connectivity index is 1.81. The van der Waals surface area contributed by atoms with E-state index in [9.17, 15) is 17.6 Å². The monoisotopic (exact) mass is 377 g/mol. The van der Waals surface area contributed by atoms with Gasteiger partial charge in [0.1, 0.15) is 6.17 Å². The maximum absolute atomic E-state index is 14.3. The molecular weight excluding hydrogens is 357 g/mol. The normalized spacial score (nSPS) is 17.5. The van der Waals surface area contributed by atoms with Crippen molar-refractivity contribution in [3.8, 4) is 0 Å². The third kappa shape index (κ3) is 4.03. The van der Waals surface area contributed by atoms with Crippen LogP contribution in [0.5, 0.6) is 0 Å². The van der Waals surface area contributed by atoms with Crippen LogP contribution >= 0.6 is 0 Å². The number of fused-ring (bicyclic) bond motifs is 1. The van der Waals surface area contributed by atoms with Gasteiger partial charge < -0.3 is 11.1 Å². The second kappa shape index (κ2) is 7.05. The number of carbonyl (C=O) groups excluding carboxylic acids is 1. The Labute approximate surface area is 151 Å². The van der Waals surface area contributed by atoms with Crippen LogP contribution in [0.2, 0.25) is 0 Å². The molecule has 8 heteroatoms. The molecule has 138 valence electrons. The number of hydrogen-bond donors (Lipinski definition) is 2. The maximum atomic E-state index is 14.3. The summed E-state index contributed by atoms with van der Waals surface area (Å²) in [6.07, 6.45) is -1.12. The molecule has 1 heterocycles. The Morgan fingerprint density at radius 3 is 2.62 bits per heavy atom. The summed E-state index contributed by atoms with van der Waals surface area (Å²) in [4.78, 5) is 12.8. The minimum atomic E-state index is -3.59. The number of anilines is 1. The Bertz CT molecular complexity index is 929. The zero-order valence-electron chi connectivity index (χ0n) is 14.3. The molecular formula is C18H20FN3O3S. The van der Waals surface area contributed by atoms with E-state index < -0.39 is 22.0 Å². The minimum Gasteiger partial charge on any atom is -0.351 e. The SMILES string of the molecule is CN1Cc2ccc(CS(=O)(=O)c3ccc(NC(N)=O)cc3)cc2C(F)C1. The van der Waals surface area contributed by atoms with Crippen LogP contribution in [-0.4, -0.2) is 32.9 Å². The number of carbonyl (C=O) groups is 1. The molecule has 6 nitrogen and oxygen atoms in total. The van der Waals surface area contributed by atoms with Gasteiger partial charge in [-0.15, -0.1) is 0 Å². The van der Waals surface area contributed by atoms with Gasteiger partial charge in [0.2, 0.25) is 0 Å². The molecule has 0 spiro atoms. The van der Waals surface area contributed by atoms with Gasteiger partial charge in [-0.1, -0.05) is 18.2 Å². The van der Waals surface area contributed by atoms with Gasteiger partial charge in [-0.05, 0) is 48.0 Å². The molecule has 2 aromatic rings. The molecule has 0 fully saturated rings. The topological polar surface area (TPSA) is 92.5 Å². The molecule has 1 aliphatic rings. The van der Waals surface area contributed by atoms with Crippen LogP contribution in [0.15, 0.2) is 47.4 Å². The Hall–Kier alpha value is -2.45. The minimum absolute atomic E-state index is 0.127. The van der Waals surface area contributed by atoms with E-state index in [1.807, 2.05) is 11.9 Å². The van der Waals surface area contributed by atoms with Crippen LogP contribution < -0.4 is 11.1 Å². The summed E-state index contributed by atoms with van der Waals surface area (Å²) in [6, 6.07) is 10.2. The second-order valence-corrected chi connectivity index (χ2v) is 8.46. The van der Waals surface area contributed by atoms with Crippen LogP contribution in [0, 0.1) is 0 Å². The van der Waals surface area contributed by atoms with Crippen molar-refractivity contribution in [1.82, 2.24) is 4.90 Å². The average molecular weight is 377 g/mol. The third-order valence-corrected chi connectivity index (χ3v) is 6.00. The van der Waals surface area contributed by atoms with Crippen molar-refractivity contribution in [1.29, 1.82) is 0 Å². The van der Waals surface area contributed by atoms with Gasteiger partial charge in [0.15, 0.2) is 9.84 Å². The fourth-order valence-electron chi connectivity index (χ4n) is 3.09. The molecule has 1 unspecified atom stereocenters. The van der Waals surface area contributed by atoms with E-state index in [1.165, 1.54) is 24.3 Å². The zero-order valence-corrected chi connectivity index (χ0v) is 15.1. The molecule has 1 aliphatic heterocycles. The lowest BCUT2D eigenvalue weighted by molar-refractivity contribution is 0.195. The Morgan fingerprint density at radius 1 is 1.27 bits per heavy atom. The van der Waals surface area contributed by atoms with Gasteiger partial charge in [-0.25, -0.2) is 17.6 Å². The summed E-state index contributed by atoms with van der Waals surface area (Å²) in [7, 11) is -1.74. The molecule has 3 rings (SSSR count). The van der Waals surface area contributed by atoms with Gasteiger partial charge in [0.25, 0.3) is 0 Å². The fraction of sp³-hybridized carbons (Fsp3) is 0.278. The number of nitrogens with one attached hydrogen (secondary N) is 1. The molecule has 2 aromatic carbocycles. The molecule has 0 saturated heterocycles. The number of benzene rings is 2. The second-order valence-electron chi connectivity index (χ2n) is 6.47. The largest absolute Gasteiger partial charge is 0.351 e. The highest BCUT2D eigenvalue weighted by Gasteiger charge is 2.24. The molecule has 3 N–H and O–H groups in total. The number of hydrogen-bond acceptors (Lipinski definition) is 4. The maximum Gasteiger partial charge on any atom is 0.316 e. The molecule has 0 radical (unpaired) electrons.